The van der Waals surface area contributed by atoms with Crippen LogP contribution in [0.25, 0.3) is 0 Å². The number of hydrogen-bond acceptors (Lipinski definition) is 2. The summed E-state index contributed by atoms with van der Waals surface area (Å²) in [5.41, 5.74) is 1.31. The number of rotatable bonds is 2. The average Bonchev–Trinajstić information content (AvgIpc) is 2.36. The smallest absolute Gasteiger partial charge is 0.257 e. The lowest BCUT2D eigenvalue weighted by molar-refractivity contribution is 0.102. The van der Waals surface area contributed by atoms with E-state index in [-0.39, 0.29) is 10.6 Å². The molecule has 0 saturated carbocycles. The molecule has 19 heavy (non-hydrogen) atoms. The number of benzene rings is 1. The van der Waals surface area contributed by atoms with Crippen molar-refractivity contribution in [1.82, 2.24) is 4.98 Å². The fourth-order valence-corrected chi connectivity index (χ4v) is 1.95. The van der Waals surface area contributed by atoms with E-state index in [0.717, 1.165) is 5.56 Å². The lowest BCUT2D eigenvalue weighted by Crippen LogP contribution is -2.14. The number of aromatic nitrogens is 1. The van der Waals surface area contributed by atoms with Crippen molar-refractivity contribution in [1.29, 1.82) is 0 Å². The monoisotopic (exact) mass is 298 g/mol. The molecule has 0 radical (unpaired) electrons. The van der Waals surface area contributed by atoms with E-state index < -0.39 is 11.7 Å². The van der Waals surface area contributed by atoms with E-state index in [1.807, 2.05) is 0 Å². The van der Waals surface area contributed by atoms with Crippen LogP contribution in [0.1, 0.15) is 15.9 Å². The number of carbonyl (C=O) groups is 1. The molecule has 0 saturated heterocycles. The van der Waals surface area contributed by atoms with Crippen LogP contribution in [0.2, 0.25) is 10.2 Å². The van der Waals surface area contributed by atoms with Crippen molar-refractivity contribution in [2.45, 2.75) is 6.92 Å². The van der Waals surface area contributed by atoms with Gasteiger partial charge in [0, 0.05) is 0 Å². The van der Waals surface area contributed by atoms with E-state index in [1.54, 1.807) is 13.0 Å². The summed E-state index contributed by atoms with van der Waals surface area (Å²) in [4.78, 5) is 15.9. The predicted molar refractivity (Wildman–Crippen MR) is 73.3 cm³/mol. The molecule has 0 aliphatic carbocycles. The molecule has 1 N–H and O–H groups in total. The van der Waals surface area contributed by atoms with Gasteiger partial charge >= 0.3 is 0 Å². The maximum absolute atomic E-state index is 13.3. The van der Waals surface area contributed by atoms with Gasteiger partial charge in [-0.3, -0.25) is 4.79 Å². The summed E-state index contributed by atoms with van der Waals surface area (Å²) >= 11 is 11.5. The number of nitrogens with zero attached hydrogens (tertiary/aromatic N) is 1. The van der Waals surface area contributed by atoms with Gasteiger partial charge in [0.1, 0.15) is 11.0 Å². The van der Waals surface area contributed by atoms with Gasteiger partial charge in [0.2, 0.25) is 0 Å². The number of amides is 1. The molecule has 3 nitrogen and oxygen atoms in total. The SMILES string of the molecule is Cc1cc(Cl)ncc1NC(=O)c1cccc(F)c1Cl. The zero-order chi connectivity index (χ0) is 14.0. The van der Waals surface area contributed by atoms with Gasteiger partial charge in [0.05, 0.1) is 22.5 Å². The summed E-state index contributed by atoms with van der Waals surface area (Å²) in [6, 6.07) is 5.67. The lowest BCUT2D eigenvalue weighted by Gasteiger charge is -2.09. The Morgan fingerprint density at radius 2 is 2.11 bits per heavy atom. The topological polar surface area (TPSA) is 42.0 Å². The normalized spacial score (nSPS) is 10.3. The second-order valence-corrected chi connectivity index (χ2v) is 4.64. The molecule has 1 aromatic heterocycles. The third-order valence-corrected chi connectivity index (χ3v) is 3.11. The largest absolute Gasteiger partial charge is 0.320 e. The number of hydrogen-bond donors (Lipinski definition) is 1. The molecule has 0 aliphatic rings. The number of nitrogens with one attached hydrogen (secondary N) is 1. The Balaban J connectivity index is 2.28. The van der Waals surface area contributed by atoms with Gasteiger partial charge in [0.15, 0.2) is 0 Å². The molecule has 2 aromatic rings. The highest BCUT2D eigenvalue weighted by Crippen LogP contribution is 2.22. The van der Waals surface area contributed by atoms with Crippen molar-refractivity contribution in [3.63, 3.8) is 0 Å². The van der Waals surface area contributed by atoms with E-state index in [4.69, 9.17) is 23.2 Å². The molecule has 0 atom stereocenters. The highest BCUT2D eigenvalue weighted by molar-refractivity contribution is 6.34. The molecule has 1 aromatic carbocycles. The fourth-order valence-electron chi connectivity index (χ4n) is 1.52. The van der Waals surface area contributed by atoms with Gasteiger partial charge in [-0.25, -0.2) is 9.37 Å². The molecule has 0 spiro atoms. The standard InChI is InChI=1S/C13H9Cl2FN2O/c1-7-5-11(14)17-6-10(7)18-13(19)8-3-2-4-9(16)12(8)15/h2-6H,1H3,(H,18,19). The average molecular weight is 299 g/mol. The number of pyridine rings is 1. The molecular weight excluding hydrogens is 290 g/mol. The van der Waals surface area contributed by atoms with Crippen molar-refractivity contribution in [3.05, 3.63) is 57.6 Å². The van der Waals surface area contributed by atoms with Crippen LogP contribution in [-0.4, -0.2) is 10.9 Å². The summed E-state index contributed by atoms with van der Waals surface area (Å²) in [6.07, 6.45) is 1.43. The van der Waals surface area contributed by atoms with Crippen LogP contribution in [0.3, 0.4) is 0 Å². The van der Waals surface area contributed by atoms with Gasteiger partial charge in [-0.15, -0.1) is 0 Å². The molecule has 0 bridgehead atoms. The molecular formula is C13H9Cl2FN2O. The van der Waals surface area contributed by atoms with E-state index in [1.165, 1.54) is 24.4 Å². The highest BCUT2D eigenvalue weighted by Gasteiger charge is 2.14. The summed E-state index contributed by atoms with van der Waals surface area (Å²) in [7, 11) is 0. The Morgan fingerprint density at radius 1 is 1.37 bits per heavy atom. The van der Waals surface area contributed by atoms with Gasteiger partial charge in [-0.2, -0.15) is 0 Å². The number of anilines is 1. The zero-order valence-electron chi connectivity index (χ0n) is 9.88. The summed E-state index contributed by atoms with van der Waals surface area (Å²) < 4.78 is 13.3. The van der Waals surface area contributed by atoms with Gasteiger partial charge in [-0.05, 0) is 30.7 Å². The van der Waals surface area contributed by atoms with E-state index in [9.17, 15) is 9.18 Å². The third kappa shape index (κ3) is 3.03. The summed E-state index contributed by atoms with van der Waals surface area (Å²) in [5, 5.41) is 2.73. The van der Waals surface area contributed by atoms with Crippen LogP contribution in [-0.2, 0) is 0 Å². The highest BCUT2D eigenvalue weighted by atomic mass is 35.5. The van der Waals surface area contributed by atoms with Gasteiger partial charge in [0.25, 0.3) is 5.91 Å². The van der Waals surface area contributed by atoms with Crippen LogP contribution in [0.15, 0.2) is 30.5 Å². The molecule has 0 aliphatic heterocycles. The first-order valence-corrected chi connectivity index (χ1v) is 6.12. The van der Waals surface area contributed by atoms with E-state index in [2.05, 4.69) is 10.3 Å². The van der Waals surface area contributed by atoms with Crippen LogP contribution >= 0.6 is 23.2 Å². The Bertz CT molecular complexity index is 647. The molecule has 0 fully saturated rings. The summed E-state index contributed by atoms with van der Waals surface area (Å²) in [5.74, 6) is -1.14. The van der Waals surface area contributed by atoms with Crippen molar-refractivity contribution >= 4 is 34.8 Å². The number of halogens is 3. The fraction of sp³-hybridized carbons (Fsp3) is 0.0769. The Labute approximate surface area is 119 Å². The zero-order valence-corrected chi connectivity index (χ0v) is 11.4. The Hall–Kier alpha value is -1.65. The van der Waals surface area contributed by atoms with Crippen molar-refractivity contribution in [2.75, 3.05) is 5.32 Å². The molecule has 1 heterocycles. The minimum Gasteiger partial charge on any atom is -0.320 e. The van der Waals surface area contributed by atoms with Crippen LogP contribution < -0.4 is 5.32 Å². The Morgan fingerprint density at radius 3 is 2.79 bits per heavy atom. The van der Waals surface area contributed by atoms with Crippen LogP contribution in [0.5, 0.6) is 0 Å². The van der Waals surface area contributed by atoms with Crippen LogP contribution in [0, 0.1) is 12.7 Å². The minimum absolute atomic E-state index is 0.0658. The van der Waals surface area contributed by atoms with Crippen molar-refractivity contribution < 1.29 is 9.18 Å². The molecule has 0 unspecified atom stereocenters. The molecule has 1 amide bonds. The Kier molecular flexibility index (Phi) is 4.02. The minimum atomic E-state index is -0.639. The second kappa shape index (κ2) is 5.55. The van der Waals surface area contributed by atoms with Gasteiger partial charge in [-0.1, -0.05) is 29.3 Å². The van der Waals surface area contributed by atoms with Crippen molar-refractivity contribution in [2.24, 2.45) is 0 Å². The lowest BCUT2D eigenvalue weighted by atomic mass is 10.2. The first kappa shape index (κ1) is 13.8. The predicted octanol–water partition coefficient (Wildman–Crippen LogP) is 4.09. The van der Waals surface area contributed by atoms with Crippen LogP contribution in [0.4, 0.5) is 10.1 Å². The first-order valence-electron chi connectivity index (χ1n) is 5.36. The van der Waals surface area contributed by atoms with Crippen molar-refractivity contribution in [3.8, 4) is 0 Å². The van der Waals surface area contributed by atoms with E-state index in [0.29, 0.717) is 10.8 Å². The first-order chi connectivity index (χ1) is 8.99. The number of aryl methyl sites for hydroxylation is 1. The summed E-state index contributed by atoms with van der Waals surface area (Å²) in [6.45, 7) is 1.77. The second-order valence-electron chi connectivity index (χ2n) is 3.88. The maximum Gasteiger partial charge on any atom is 0.257 e. The molecule has 98 valence electrons. The van der Waals surface area contributed by atoms with Gasteiger partial charge < -0.3 is 5.32 Å². The number of carbonyl (C=O) groups excluding carboxylic acids is 1. The maximum atomic E-state index is 13.3. The van der Waals surface area contributed by atoms with E-state index >= 15 is 0 Å². The quantitative estimate of drug-likeness (QED) is 0.849. The molecule has 6 heteroatoms. The molecule has 2 rings (SSSR count). The third-order valence-electron chi connectivity index (χ3n) is 2.52.